The SMILES string of the molecule is CN(C)[C@H]1CN(C2CCc3cccc(F)c32)C[C@@H]1c1ccc(-c2cnn(CC(N)=O)c2)cc1. The van der Waals surface area contributed by atoms with Crippen molar-refractivity contribution in [2.75, 3.05) is 27.2 Å². The Labute approximate surface area is 193 Å². The number of carbonyl (C=O) groups excluding carboxylic acids is 1. The standard InChI is InChI=1S/C26H30FN5O/c1-30(2)24-15-31(23-11-10-19-4-3-5-22(27)26(19)23)14-21(24)18-8-6-17(7-9-18)20-12-29-32(13-20)16-25(28)33/h3-9,12-13,21,23-24H,10-11,14-16H2,1-2H3,(H2,28,33)/t21-,23?,24+/m1/s1. The van der Waals surface area contributed by atoms with Crippen molar-refractivity contribution in [3.8, 4) is 11.1 Å². The third kappa shape index (κ3) is 4.18. The van der Waals surface area contributed by atoms with Crippen LogP contribution in [-0.2, 0) is 17.8 Å². The summed E-state index contributed by atoms with van der Waals surface area (Å²) in [5.74, 6) is -0.131. The summed E-state index contributed by atoms with van der Waals surface area (Å²) < 4.78 is 16.2. The Kier molecular flexibility index (Phi) is 5.76. The van der Waals surface area contributed by atoms with Crippen LogP contribution in [-0.4, -0.2) is 58.7 Å². The highest BCUT2D eigenvalue weighted by atomic mass is 19.1. The number of likely N-dealkylation sites (N-methyl/N-ethyl adjacent to an activating group) is 1. The van der Waals surface area contributed by atoms with E-state index in [0.717, 1.165) is 48.2 Å². The van der Waals surface area contributed by atoms with Gasteiger partial charge in [-0.1, -0.05) is 36.4 Å². The molecule has 0 radical (unpaired) electrons. The Morgan fingerprint density at radius 1 is 1.15 bits per heavy atom. The Hall–Kier alpha value is -3.03. The van der Waals surface area contributed by atoms with Gasteiger partial charge in [0, 0.05) is 48.4 Å². The van der Waals surface area contributed by atoms with Crippen LogP contribution in [0.4, 0.5) is 4.39 Å². The lowest BCUT2D eigenvalue weighted by Crippen LogP contribution is -2.35. The van der Waals surface area contributed by atoms with E-state index in [4.69, 9.17) is 5.73 Å². The largest absolute Gasteiger partial charge is 0.368 e. The van der Waals surface area contributed by atoms with E-state index in [0.29, 0.717) is 12.0 Å². The Morgan fingerprint density at radius 3 is 2.67 bits per heavy atom. The number of primary amides is 1. The van der Waals surface area contributed by atoms with Crippen molar-refractivity contribution in [3.05, 3.63) is 77.4 Å². The maximum absolute atomic E-state index is 14.7. The number of halogens is 1. The van der Waals surface area contributed by atoms with E-state index in [2.05, 4.69) is 59.3 Å². The number of aromatic nitrogens is 2. The fourth-order valence-electron chi connectivity index (χ4n) is 5.58. The van der Waals surface area contributed by atoms with Gasteiger partial charge in [0.05, 0.1) is 6.20 Å². The lowest BCUT2D eigenvalue weighted by atomic mass is 9.92. The molecule has 2 N–H and O–H groups in total. The minimum atomic E-state index is -0.412. The molecule has 3 atom stereocenters. The number of fused-ring (bicyclic) bond motifs is 1. The molecule has 2 aromatic carbocycles. The Bertz CT molecular complexity index is 1160. The van der Waals surface area contributed by atoms with Crippen molar-refractivity contribution in [2.24, 2.45) is 5.73 Å². The number of hydrogen-bond acceptors (Lipinski definition) is 4. The summed E-state index contributed by atoms with van der Waals surface area (Å²) in [6.45, 7) is 1.92. The molecule has 1 fully saturated rings. The zero-order valence-electron chi connectivity index (χ0n) is 19.1. The third-order valence-corrected chi connectivity index (χ3v) is 7.21. The first-order chi connectivity index (χ1) is 15.9. The molecule has 3 aromatic rings. The van der Waals surface area contributed by atoms with Crippen LogP contribution in [0.2, 0.25) is 0 Å². The summed E-state index contributed by atoms with van der Waals surface area (Å²) >= 11 is 0. The normalized spacial score (nSPS) is 22.7. The molecule has 1 unspecified atom stereocenters. The van der Waals surface area contributed by atoms with Gasteiger partial charge in [-0.25, -0.2) is 4.39 Å². The van der Waals surface area contributed by atoms with Crippen LogP contribution < -0.4 is 5.73 Å². The van der Waals surface area contributed by atoms with Crippen LogP contribution >= 0.6 is 0 Å². The van der Waals surface area contributed by atoms with Crippen LogP contribution in [0.25, 0.3) is 11.1 Å². The first-order valence-electron chi connectivity index (χ1n) is 11.5. The van der Waals surface area contributed by atoms with E-state index in [1.807, 2.05) is 12.3 Å². The molecule has 1 amide bonds. The molecule has 6 nitrogen and oxygen atoms in total. The molecule has 5 rings (SSSR count). The van der Waals surface area contributed by atoms with Gasteiger partial charge in [0.25, 0.3) is 0 Å². The molecule has 172 valence electrons. The molecular formula is C26H30FN5O. The van der Waals surface area contributed by atoms with E-state index in [1.54, 1.807) is 16.9 Å². The number of carbonyl (C=O) groups is 1. The van der Waals surface area contributed by atoms with E-state index < -0.39 is 5.91 Å². The fourth-order valence-corrected chi connectivity index (χ4v) is 5.58. The highest BCUT2D eigenvalue weighted by Crippen LogP contribution is 2.42. The molecule has 0 bridgehead atoms. The van der Waals surface area contributed by atoms with Crippen LogP contribution in [0.1, 0.15) is 35.1 Å². The molecule has 1 aliphatic carbocycles. The summed E-state index contributed by atoms with van der Waals surface area (Å²) in [5.41, 5.74) is 10.6. The number of likely N-dealkylation sites (tertiary alicyclic amines) is 1. The summed E-state index contributed by atoms with van der Waals surface area (Å²) in [7, 11) is 4.26. The van der Waals surface area contributed by atoms with E-state index in [9.17, 15) is 9.18 Å². The van der Waals surface area contributed by atoms with Crippen LogP contribution in [0.15, 0.2) is 54.9 Å². The van der Waals surface area contributed by atoms with Gasteiger partial charge in [-0.2, -0.15) is 5.10 Å². The quantitative estimate of drug-likeness (QED) is 0.630. The molecule has 1 aliphatic heterocycles. The lowest BCUT2D eigenvalue weighted by Gasteiger charge is -2.26. The molecule has 33 heavy (non-hydrogen) atoms. The number of nitrogens with two attached hydrogens (primary N) is 1. The van der Waals surface area contributed by atoms with Crippen molar-refractivity contribution < 1.29 is 9.18 Å². The molecule has 7 heteroatoms. The number of benzene rings is 2. The van der Waals surface area contributed by atoms with Gasteiger partial charge in [0.1, 0.15) is 12.4 Å². The van der Waals surface area contributed by atoms with Gasteiger partial charge in [0.2, 0.25) is 5.91 Å². The van der Waals surface area contributed by atoms with Gasteiger partial charge in [0.15, 0.2) is 0 Å². The Balaban J connectivity index is 1.36. The number of amides is 1. The second-order valence-corrected chi connectivity index (χ2v) is 9.47. The van der Waals surface area contributed by atoms with Gasteiger partial charge in [-0.3, -0.25) is 14.4 Å². The third-order valence-electron chi connectivity index (χ3n) is 7.21. The van der Waals surface area contributed by atoms with Crippen LogP contribution in [0, 0.1) is 5.82 Å². The maximum atomic E-state index is 14.7. The van der Waals surface area contributed by atoms with Crippen molar-refractivity contribution in [1.82, 2.24) is 19.6 Å². The average molecular weight is 448 g/mol. The first kappa shape index (κ1) is 21.8. The summed E-state index contributed by atoms with van der Waals surface area (Å²) in [6.07, 6.45) is 5.52. The smallest absolute Gasteiger partial charge is 0.239 e. The molecule has 2 aliphatic rings. The van der Waals surface area contributed by atoms with Crippen molar-refractivity contribution in [2.45, 2.75) is 37.4 Å². The van der Waals surface area contributed by atoms with E-state index >= 15 is 0 Å². The molecular weight excluding hydrogens is 417 g/mol. The van der Waals surface area contributed by atoms with Gasteiger partial charge in [-0.15, -0.1) is 0 Å². The molecule has 2 heterocycles. The first-order valence-corrected chi connectivity index (χ1v) is 11.5. The maximum Gasteiger partial charge on any atom is 0.239 e. The summed E-state index contributed by atoms with van der Waals surface area (Å²) in [5, 5.41) is 4.22. The van der Waals surface area contributed by atoms with Crippen LogP contribution in [0.3, 0.4) is 0 Å². The number of aryl methyl sites for hydroxylation is 1. The molecule has 0 saturated carbocycles. The van der Waals surface area contributed by atoms with Crippen molar-refractivity contribution >= 4 is 5.91 Å². The second kappa shape index (κ2) is 8.72. The van der Waals surface area contributed by atoms with Gasteiger partial charge >= 0.3 is 0 Å². The highest BCUT2D eigenvalue weighted by molar-refractivity contribution is 5.73. The minimum absolute atomic E-state index is 0.0684. The second-order valence-electron chi connectivity index (χ2n) is 9.47. The number of hydrogen-bond donors (Lipinski definition) is 1. The predicted octanol–water partition coefficient (Wildman–Crippen LogP) is 3.19. The molecule has 1 aromatic heterocycles. The zero-order valence-corrected chi connectivity index (χ0v) is 19.1. The van der Waals surface area contributed by atoms with Crippen molar-refractivity contribution in [3.63, 3.8) is 0 Å². The summed E-state index contributed by atoms with van der Waals surface area (Å²) in [6, 6.07) is 14.6. The zero-order chi connectivity index (χ0) is 23.1. The van der Waals surface area contributed by atoms with Gasteiger partial charge in [-0.05, 0) is 49.7 Å². The highest BCUT2D eigenvalue weighted by Gasteiger charge is 2.41. The number of rotatable bonds is 6. The molecule has 1 saturated heterocycles. The topological polar surface area (TPSA) is 67.4 Å². The lowest BCUT2D eigenvalue weighted by molar-refractivity contribution is -0.118. The fraction of sp³-hybridized carbons (Fsp3) is 0.385. The van der Waals surface area contributed by atoms with Crippen molar-refractivity contribution in [1.29, 1.82) is 0 Å². The molecule has 0 spiro atoms. The predicted molar refractivity (Wildman–Crippen MR) is 126 cm³/mol. The van der Waals surface area contributed by atoms with E-state index in [1.165, 1.54) is 5.56 Å². The number of nitrogens with zero attached hydrogens (tertiary/aromatic N) is 4. The Morgan fingerprint density at radius 2 is 1.94 bits per heavy atom. The minimum Gasteiger partial charge on any atom is -0.368 e. The van der Waals surface area contributed by atoms with Gasteiger partial charge < -0.3 is 10.6 Å². The summed E-state index contributed by atoms with van der Waals surface area (Å²) in [4.78, 5) is 15.9. The van der Waals surface area contributed by atoms with E-state index in [-0.39, 0.29) is 18.4 Å². The average Bonchev–Trinajstić information content (AvgIpc) is 3.52. The van der Waals surface area contributed by atoms with Crippen LogP contribution in [0.5, 0.6) is 0 Å². The monoisotopic (exact) mass is 447 g/mol.